The van der Waals surface area contributed by atoms with E-state index in [4.69, 9.17) is 4.98 Å². The summed E-state index contributed by atoms with van der Waals surface area (Å²) in [5.74, 6) is 0.817. The smallest absolute Gasteiger partial charge is 0.172 e. The van der Waals surface area contributed by atoms with Gasteiger partial charge in [0.05, 0.1) is 23.1 Å². The molecule has 0 saturated carbocycles. The molecule has 0 atom stereocenters. The third-order valence-electron chi connectivity index (χ3n) is 3.63. The van der Waals surface area contributed by atoms with Gasteiger partial charge in [0.25, 0.3) is 0 Å². The molecule has 2 aromatic heterocycles. The van der Waals surface area contributed by atoms with Gasteiger partial charge in [0.1, 0.15) is 10.9 Å². The number of nitrogens with one attached hydrogen (secondary N) is 1. The van der Waals surface area contributed by atoms with Crippen molar-refractivity contribution in [1.82, 2.24) is 24.8 Å². The molecular formula is C18H17N5S. The van der Waals surface area contributed by atoms with Gasteiger partial charge in [-0.1, -0.05) is 30.3 Å². The number of rotatable bonds is 4. The Hall–Kier alpha value is -2.44. The summed E-state index contributed by atoms with van der Waals surface area (Å²) < 4.78 is 0. The van der Waals surface area contributed by atoms with E-state index in [1.165, 1.54) is 0 Å². The Labute approximate surface area is 144 Å². The van der Waals surface area contributed by atoms with E-state index in [0.717, 1.165) is 37.9 Å². The van der Waals surface area contributed by atoms with Gasteiger partial charge in [0.2, 0.25) is 0 Å². The van der Waals surface area contributed by atoms with Gasteiger partial charge in [-0.25, -0.2) is 15.0 Å². The highest BCUT2D eigenvalue weighted by Gasteiger charge is 2.12. The second-order valence-corrected chi connectivity index (χ2v) is 6.84. The van der Waals surface area contributed by atoms with Gasteiger partial charge in [-0.15, -0.1) is 0 Å². The highest BCUT2D eigenvalue weighted by Crippen LogP contribution is 2.31. The Kier molecular flexibility index (Phi) is 3.92. The standard InChI is InChI=1S/C18H17N5S/c1-23(2)11-16-19-13-8-4-3-7-12(13)17(22-16)24-18-20-14-9-5-6-10-15(14)21-18/h3-10H,11H2,1-2H3,(H,20,21). The van der Waals surface area contributed by atoms with Gasteiger partial charge in [0, 0.05) is 5.39 Å². The normalized spacial score (nSPS) is 11.6. The predicted molar refractivity (Wildman–Crippen MR) is 97.1 cm³/mol. The van der Waals surface area contributed by atoms with Crippen LogP contribution in [0.15, 0.2) is 58.7 Å². The molecule has 0 aliphatic heterocycles. The summed E-state index contributed by atoms with van der Waals surface area (Å²) in [7, 11) is 4.04. The van der Waals surface area contributed by atoms with E-state index in [2.05, 4.69) is 25.9 Å². The van der Waals surface area contributed by atoms with E-state index in [9.17, 15) is 0 Å². The average molecular weight is 335 g/mol. The van der Waals surface area contributed by atoms with Gasteiger partial charge in [-0.2, -0.15) is 0 Å². The summed E-state index contributed by atoms with van der Waals surface area (Å²) in [6.45, 7) is 0.707. The van der Waals surface area contributed by atoms with Gasteiger partial charge in [-0.3, -0.25) is 0 Å². The summed E-state index contributed by atoms with van der Waals surface area (Å²) in [5, 5.41) is 2.82. The van der Waals surface area contributed by atoms with E-state index < -0.39 is 0 Å². The summed E-state index contributed by atoms with van der Waals surface area (Å²) in [6.07, 6.45) is 0. The quantitative estimate of drug-likeness (QED) is 0.576. The molecule has 0 amide bonds. The number of hydrogen-bond donors (Lipinski definition) is 1. The molecule has 6 heteroatoms. The van der Waals surface area contributed by atoms with Crippen molar-refractivity contribution in [3.8, 4) is 0 Å². The minimum Gasteiger partial charge on any atom is -0.333 e. The Morgan fingerprint density at radius 3 is 2.46 bits per heavy atom. The van der Waals surface area contributed by atoms with Crippen molar-refractivity contribution >= 4 is 33.7 Å². The van der Waals surface area contributed by atoms with E-state index in [-0.39, 0.29) is 0 Å². The number of fused-ring (bicyclic) bond motifs is 2. The van der Waals surface area contributed by atoms with Crippen molar-refractivity contribution in [2.24, 2.45) is 0 Å². The molecule has 0 aliphatic carbocycles. The zero-order chi connectivity index (χ0) is 16.5. The van der Waals surface area contributed by atoms with Crippen LogP contribution in [0.25, 0.3) is 21.9 Å². The molecule has 120 valence electrons. The maximum absolute atomic E-state index is 4.76. The molecule has 24 heavy (non-hydrogen) atoms. The lowest BCUT2D eigenvalue weighted by Crippen LogP contribution is -2.13. The van der Waals surface area contributed by atoms with E-state index >= 15 is 0 Å². The lowest BCUT2D eigenvalue weighted by Gasteiger charge is -2.11. The first kappa shape index (κ1) is 15.1. The molecule has 0 spiro atoms. The van der Waals surface area contributed by atoms with Gasteiger partial charge in [-0.05, 0) is 44.1 Å². The molecule has 4 aromatic rings. The maximum Gasteiger partial charge on any atom is 0.172 e. The van der Waals surface area contributed by atoms with Crippen molar-refractivity contribution in [1.29, 1.82) is 0 Å². The SMILES string of the molecule is CN(C)Cc1nc(Sc2nc3ccccc3[nH]2)c2ccccc2n1. The van der Waals surface area contributed by atoms with Crippen LogP contribution in [0, 0.1) is 0 Å². The van der Waals surface area contributed by atoms with Crippen LogP contribution < -0.4 is 0 Å². The van der Waals surface area contributed by atoms with Crippen molar-refractivity contribution in [2.75, 3.05) is 14.1 Å². The van der Waals surface area contributed by atoms with Crippen molar-refractivity contribution in [2.45, 2.75) is 16.7 Å². The van der Waals surface area contributed by atoms with Crippen molar-refractivity contribution in [3.05, 3.63) is 54.4 Å². The molecule has 2 heterocycles. The third kappa shape index (κ3) is 2.98. The number of nitrogens with zero attached hydrogens (tertiary/aromatic N) is 4. The molecule has 0 fully saturated rings. The predicted octanol–water partition coefficient (Wildman–Crippen LogP) is 3.72. The van der Waals surface area contributed by atoms with Crippen LogP contribution in [0.3, 0.4) is 0 Å². The van der Waals surface area contributed by atoms with Crippen molar-refractivity contribution < 1.29 is 0 Å². The average Bonchev–Trinajstić information content (AvgIpc) is 2.96. The summed E-state index contributed by atoms with van der Waals surface area (Å²) in [5.41, 5.74) is 2.96. The topological polar surface area (TPSA) is 57.7 Å². The molecule has 0 bridgehead atoms. The second kappa shape index (κ2) is 6.22. The molecule has 1 N–H and O–H groups in total. The van der Waals surface area contributed by atoms with Crippen LogP contribution in [0.5, 0.6) is 0 Å². The van der Waals surface area contributed by atoms with E-state index in [0.29, 0.717) is 6.54 Å². The monoisotopic (exact) mass is 335 g/mol. The zero-order valence-electron chi connectivity index (χ0n) is 13.5. The number of hydrogen-bond acceptors (Lipinski definition) is 5. The Balaban J connectivity index is 1.79. The molecular weight excluding hydrogens is 318 g/mol. The molecule has 0 aliphatic rings. The number of benzene rings is 2. The Bertz CT molecular complexity index is 976. The fraction of sp³-hybridized carbons (Fsp3) is 0.167. The minimum absolute atomic E-state index is 0.707. The number of imidazole rings is 1. The largest absolute Gasteiger partial charge is 0.333 e. The summed E-state index contributed by atoms with van der Waals surface area (Å²) >= 11 is 1.55. The van der Waals surface area contributed by atoms with Crippen LogP contribution in [0.1, 0.15) is 5.82 Å². The lowest BCUT2D eigenvalue weighted by molar-refractivity contribution is 0.390. The number of aromatic amines is 1. The first-order valence-electron chi connectivity index (χ1n) is 7.72. The van der Waals surface area contributed by atoms with Gasteiger partial charge in [0.15, 0.2) is 5.16 Å². The fourth-order valence-electron chi connectivity index (χ4n) is 2.59. The molecule has 4 rings (SSSR count). The number of para-hydroxylation sites is 3. The second-order valence-electron chi connectivity index (χ2n) is 5.86. The highest BCUT2D eigenvalue weighted by molar-refractivity contribution is 7.99. The number of H-pyrrole nitrogens is 1. The van der Waals surface area contributed by atoms with Crippen LogP contribution in [-0.2, 0) is 6.54 Å². The Morgan fingerprint density at radius 2 is 1.67 bits per heavy atom. The zero-order valence-corrected chi connectivity index (χ0v) is 14.3. The van der Waals surface area contributed by atoms with E-state index in [1.807, 2.05) is 56.6 Å². The summed E-state index contributed by atoms with van der Waals surface area (Å²) in [4.78, 5) is 19.5. The molecule has 2 aromatic carbocycles. The first-order valence-corrected chi connectivity index (χ1v) is 8.54. The van der Waals surface area contributed by atoms with Crippen LogP contribution in [0.4, 0.5) is 0 Å². The van der Waals surface area contributed by atoms with Crippen molar-refractivity contribution in [3.63, 3.8) is 0 Å². The fourth-order valence-corrected chi connectivity index (χ4v) is 3.52. The third-order valence-corrected chi connectivity index (χ3v) is 4.52. The lowest BCUT2D eigenvalue weighted by atomic mass is 10.2. The van der Waals surface area contributed by atoms with Gasteiger partial charge >= 0.3 is 0 Å². The summed E-state index contributed by atoms with van der Waals surface area (Å²) in [6, 6.07) is 16.1. The minimum atomic E-state index is 0.707. The highest BCUT2D eigenvalue weighted by atomic mass is 32.2. The first-order chi connectivity index (χ1) is 11.7. The van der Waals surface area contributed by atoms with E-state index in [1.54, 1.807) is 11.8 Å². The van der Waals surface area contributed by atoms with Crippen LogP contribution in [0.2, 0.25) is 0 Å². The number of aromatic nitrogens is 4. The molecule has 0 radical (unpaired) electrons. The Morgan fingerprint density at radius 1 is 0.917 bits per heavy atom. The van der Waals surface area contributed by atoms with Gasteiger partial charge < -0.3 is 9.88 Å². The molecule has 0 saturated heterocycles. The maximum atomic E-state index is 4.76. The molecule has 5 nitrogen and oxygen atoms in total. The van der Waals surface area contributed by atoms with Crippen LogP contribution in [-0.4, -0.2) is 38.9 Å². The molecule has 0 unspecified atom stereocenters. The van der Waals surface area contributed by atoms with Crippen LogP contribution >= 0.6 is 11.8 Å².